The fraction of sp³-hybridized carbons (Fsp3) is 0.409. The van der Waals surface area contributed by atoms with Crippen LogP contribution in [0, 0.1) is 0 Å². The third kappa shape index (κ3) is 5.03. The Hall–Kier alpha value is -3.73. The van der Waals surface area contributed by atoms with Crippen LogP contribution in [0.15, 0.2) is 33.6 Å². The van der Waals surface area contributed by atoms with E-state index in [1.54, 1.807) is 18.3 Å². The van der Waals surface area contributed by atoms with Crippen LogP contribution in [0.1, 0.15) is 26.2 Å². The van der Waals surface area contributed by atoms with E-state index in [0.717, 1.165) is 5.39 Å². The normalized spacial score (nSPS) is 19.4. The van der Waals surface area contributed by atoms with E-state index in [0.29, 0.717) is 17.3 Å². The predicted molar refractivity (Wildman–Crippen MR) is 118 cm³/mol. The average Bonchev–Trinajstić information content (AvgIpc) is 3.24. The Labute approximate surface area is 187 Å². The van der Waals surface area contributed by atoms with Gasteiger partial charge in [0.15, 0.2) is 5.78 Å². The van der Waals surface area contributed by atoms with Crippen LogP contribution in [0.2, 0.25) is 0 Å². The molecule has 1 saturated heterocycles. The van der Waals surface area contributed by atoms with Crippen molar-refractivity contribution in [1.82, 2.24) is 15.3 Å². The molecule has 3 atom stereocenters. The largest absolute Gasteiger partial charge is 0.469 e. The summed E-state index contributed by atoms with van der Waals surface area (Å²) < 4.78 is 15.3. The average molecular weight is 456 g/mol. The lowest BCUT2D eigenvalue weighted by atomic mass is 10.0. The maximum atomic E-state index is 13.1. The van der Waals surface area contributed by atoms with Crippen molar-refractivity contribution in [3.05, 3.63) is 34.9 Å². The van der Waals surface area contributed by atoms with E-state index in [9.17, 15) is 19.2 Å². The summed E-state index contributed by atoms with van der Waals surface area (Å²) in [5, 5.41) is 7.11. The molecule has 0 radical (unpaired) electrons. The Kier molecular flexibility index (Phi) is 6.40. The first-order valence-corrected chi connectivity index (χ1v) is 10.5. The summed E-state index contributed by atoms with van der Waals surface area (Å²) in [7, 11) is 1.26. The molecule has 1 aromatic carbocycles. The van der Waals surface area contributed by atoms with Crippen molar-refractivity contribution >= 4 is 45.3 Å². The molecule has 1 aliphatic rings. The highest BCUT2D eigenvalue weighted by atomic mass is 16.5. The summed E-state index contributed by atoms with van der Waals surface area (Å²) >= 11 is 0. The molecule has 3 unspecified atom stereocenters. The summed E-state index contributed by atoms with van der Waals surface area (Å²) in [5.41, 5.74) is 0.947. The molecule has 33 heavy (non-hydrogen) atoms. The van der Waals surface area contributed by atoms with Gasteiger partial charge in [-0.15, -0.1) is 0 Å². The smallest absolute Gasteiger partial charge is 0.418 e. The first kappa shape index (κ1) is 22.5. The van der Waals surface area contributed by atoms with Gasteiger partial charge in [0, 0.05) is 30.5 Å². The first-order chi connectivity index (χ1) is 15.8. The van der Waals surface area contributed by atoms with Gasteiger partial charge in [-0.05, 0) is 25.5 Å². The van der Waals surface area contributed by atoms with Crippen LogP contribution in [0.4, 0.5) is 5.82 Å². The van der Waals surface area contributed by atoms with Crippen molar-refractivity contribution in [2.24, 2.45) is 0 Å². The van der Waals surface area contributed by atoms with Crippen LogP contribution >= 0.6 is 0 Å². The number of Topliss-reactive ketones (excluding diaryl/α,β-unsaturated/α-hetero) is 1. The number of methoxy groups -OCH3 is 1. The number of ketones is 1. The lowest BCUT2D eigenvalue weighted by Gasteiger charge is -2.28. The highest BCUT2D eigenvalue weighted by Crippen LogP contribution is 2.26. The number of hydrogen-bond acceptors (Lipinski definition) is 9. The SMILES string of the molecule is COC(=O)CCC(Nc1[nH]c(=O)oc2cc3nccc3cc12)C(=O)NC1CC(C)OCC1=O. The summed E-state index contributed by atoms with van der Waals surface area (Å²) in [6.45, 7) is 1.75. The van der Waals surface area contributed by atoms with Gasteiger partial charge >= 0.3 is 11.7 Å². The standard InChI is InChI=1S/C22H24N4O7/c1-11-7-16(17(27)10-32-11)25-21(29)14(3-4-19(28)31-2)24-20-13-8-12-5-6-23-15(12)9-18(13)33-22(30)26-20/h5-6,8-9,11,14,16,24H,3-4,7,10H2,1-2H3,(H,25,29)(H,26,30). The monoisotopic (exact) mass is 456 g/mol. The molecular formula is C22H24N4O7. The lowest BCUT2D eigenvalue weighted by Crippen LogP contribution is -2.52. The number of hydrogen-bond donors (Lipinski definition) is 3. The number of carbonyl (C=O) groups is 3. The van der Waals surface area contributed by atoms with E-state index in [2.05, 4.69) is 20.6 Å². The number of fused-ring (bicyclic) bond motifs is 2. The van der Waals surface area contributed by atoms with E-state index in [1.165, 1.54) is 7.11 Å². The number of aromatic amines is 1. The van der Waals surface area contributed by atoms with Crippen molar-refractivity contribution in [3.8, 4) is 0 Å². The van der Waals surface area contributed by atoms with Gasteiger partial charge in [0.05, 0.1) is 30.2 Å². The van der Waals surface area contributed by atoms with E-state index in [1.807, 2.05) is 13.0 Å². The van der Waals surface area contributed by atoms with Gasteiger partial charge in [0.1, 0.15) is 24.0 Å². The number of H-pyrrole nitrogens is 1. The maximum absolute atomic E-state index is 13.1. The van der Waals surface area contributed by atoms with Crippen LogP contribution < -0.4 is 16.4 Å². The third-order valence-electron chi connectivity index (χ3n) is 5.58. The highest BCUT2D eigenvalue weighted by molar-refractivity contribution is 6.00. The molecule has 1 amide bonds. The predicted octanol–water partition coefficient (Wildman–Crippen LogP) is 1.27. The molecule has 2 aromatic heterocycles. The second-order valence-electron chi connectivity index (χ2n) is 7.94. The molecule has 0 aliphatic carbocycles. The van der Waals surface area contributed by atoms with Gasteiger partial charge < -0.3 is 24.5 Å². The fourth-order valence-corrected chi connectivity index (χ4v) is 3.79. The summed E-state index contributed by atoms with van der Waals surface area (Å²) in [5.74, 6) is -1.68. The van der Waals surface area contributed by atoms with Gasteiger partial charge in [0.2, 0.25) is 5.91 Å². The van der Waals surface area contributed by atoms with Crippen LogP contribution in [0.3, 0.4) is 0 Å². The Morgan fingerprint density at radius 3 is 2.94 bits per heavy atom. The number of nitrogens with one attached hydrogen (secondary N) is 3. The molecule has 3 aromatic rings. The molecule has 11 heteroatoms. The second kappa shape index (κ2) is 9.41. The number of amides is 1. The minimum Gasteiger partial charge on any atom is -0.469 e. The van der Waals surface area contributed by atoms with Crippen molar-refractivity contribution in [2.75, 3.05) is 19.0 Å². The van der Waals surface area contributed by atoms with Crippen LogP contribution in [0.5, 0.6) is 0 Å². The number of ether oxygens (including phenoxy) is 2. The van der Waals surface area contributed by atoms with Gasteiger partial charge in [-0.2, -0.15) is 0 Å². The molecule has 3 N–H and O–H groups in total. The van der Waals surface area contributed by atoms with Gasteiger partial charge in [-0.1, -0.05) is 0 Å². The minimum atomic E-state index is -0.940. The van der Waals surface area contributed by atoms with Crippen LogP contribution in [0.25, 0.3) is 21.9 Å². The number of anilines is 1. The molecular weight excluding hydrogens is 432 g/mol. The Bertz CT molecular complexity index is 1260. The molecule has 0 saturated carbocycles. The molecule has 1 aliphatic heterocycles. The second-order valence-corrected chi connectivity index (χ2v) is 7.94. The Morgan fingerprint density at radius 1 is 1.33 bits per heavy atom. The third-order valence-corrected chi connectivity index (χ3v) is 5.58. The number of rotatable bonds is 7. The Balaban J connectivity index is 1.63. The van der Waals surface area contributed by atoms with E-state index in [-0.39, 0.29) is 42.7 Å². The summed E-state index contributed by atoms with van der Waals surface area (Å²) in [4.78, 5) is 55.9. The minimum absolute atomic E-state index is 0.0455. The van der Waals surface area contributed by atoms with Crippen molar-refractivity contribution in [2.45, 2.75) is 44.4 Å². The first-order valence-electron chi connectivity index (χ1n) is 10.5. The van der Waals surface area contributed by atoms with E-state index >= 15 is 0 Å². The quantitative estimate of drug-likeness (QED) is 0.446. The zero-order chi connectivity index (χ0) is 23.5. The van der Waals surface area contributed by atoms with E-state index < -0.39 is 29.7 Å². The number of esters is 1. The number of carbonyl (C=O) groups excluding carboxylic acids is 3. The molecule has 4 rings (SSSR count). The Morgan fingerprint density at radius 2 is 2.15 bits per heavy atom. The maximum Gasteiger partial charge on any atom is 0.418 e. The van der Waals surface area contributed by atoms with Gasteiger partial charge in [-0.25, -0.2) is 4.79 Å². The van der Waals surface area contributed by atoms with Gasteiger partial charge in [0.25, 0.3) is 0 Å². The van der Waals surface area contributed by atoms with Gasteiger partial charge in [-0.3, -0.25) is 24.4 Å². The van der Waals surface area contributed by atoms with Crippen LogP contribution in [-0.2, 0) is 23.9 Å². The lowest BCUT2D eigenvalue weighted by molar-refractivity contribution is -0.141. The highest BCUT2D eigenvalue weighted by Gasteiger charge is 2.31. The number of nitrogens with zero attached hydrogens (tertiary/aromatic N) is 1. The molecule has 174 valence electrons. The molecule has 0 spiro atoms. The summed E-state index contributed by atoms with van der Waals surface area (Å²) in [6, 6.07) is 3.59. The zero-order valence-electron chi connectivity index (χ0n) is 18.2. The molecule has 0 bridgehead atoms. The van der Waals surface area contributed by atoms with Crippen molar-refractivity contribution in [3.63, 3.8) is 0 Å². The number of benzene rings is 1. The molecule has 1 fully saturated rings. The topological polar surface area (TPSA) is 153 Å². The summed E-state index contributed by atoms with van der Waals surface area (Å²) in [6.07, 6.45) is 1.83. The van der Waals surface area contributed by atoms with Crippen molar-refractivity contribution < 1.29 is 28.3 Å². The number of aromatic nitrogens is 2. The molecule has 3 heterocycles. The fourth-order valence-electron chi connectivity index (χ4n) is 3.79. The molecule has 11 nitrogen and oxygen atoms in total. The van der Waals surface area contributed by atoms with E-state index in [4.69, 9.17) is 13.9 Å². The van der Waals surface area contributed by atoms with Crippen molar-refractivity contribution in [1.29, 1.82) is 0 Å². The van der Waals surface area contributed by atoms with Crippen LogP contribution in [-0.4, -0.2) is 59.5 Å². The zero-order valence-corrected chi connectivity index (χ0v) is 18.2.